The molecule has 0 saturated carbocycles. The summed E-state index contributed by atoms with van der Waals surface area (Å²) in [5.74, 6) is -0.799. The highest BCUT2D eigenvalue weighted by Crippen LogP contribution is 2.10. The van der Waals surface area contributed by atoms with Gasteiger partial charge in [-0.1, -0.05) is 69.6 Å². The number of benzene rings is 1. The Kier molecular flexibility index (Phi) is 22.2. The summed E-state index contributed by atoms with van der Waals surface area (Å²) >= 11 is 3.26. The molecule has 0 spiro atoms. The number of carbonyl (C=O) groups is 1. The molecule has 100 valence electrons. The number of halogens is 1. The Bertz CT molecular complexity index is 255. The maximum atomic E-state index is 10.2. The number of rotatable bonds is 2. The van der Waals surface area contributed by atoms with E-state index in [1.165, 1.54) is 0 Å². The zero-order valence-electron chi connectivity index (χ0n) is 11.7. The molecule has 0 bridgehead atoms. The van der Waals surface area contributed by atoms with E-state index in [9.17, 15) is 4.79 Å². The molecular formula is C14H25BrO2. The van der Waals surface area contributed by atoms with Gasteiger partial charge in [0.1, 0.15) is 0 Å². The summed E-state index contributed by atoms with van der Waals surface area (Å²) in [4.78, 5) is 10.2. The largest absolute Gasteiger partial charge is 0.481 e. The summed E-state index contributed by atoms with van der Waals surface area (Å²) in [6.07, 6.45) is 0.0906. The van der Waals surface area contributed by atoms with Crippen molar-refractivity contribution >= 4 is 21.9 Å². The van der Waals surface area contributed by atoms with E-state index in [1.54, 1.807) is 12.1 Å². The van der Waals surface area contributed by atoms with Crippen molar-refractivity contribution in [1.29, 1.82) is 0 Å². The van der Waals surface area contributed by atoms with Crippen molar-refractivity contribution in [2.45, 2.75) is 48.0 Å². The van der Waals surface area contributed by atoms with Crippen LogP contribution in [-0.4, -0.2) is 11.1 Å². The second kappa shape index (κ2) is 17.6. The van der Waals surface area contributed by atoms with E-state index in [4.69, 9.17) is 5.11 Å². The summed E-state index contributed by atoms with van der Waals surface area (Å²) < 4.78 is 0.964. The van der Waals surface area contributed by atoms with E-state index in [0.717, 1.165) is 10.0 Å². The molecule has 1 aromatic carbocycles. The Balaban J connectivity index is -0.000000285. The second-order valence-electron chi connectivity index (χ2n) is 2.20. The van der Waals surface area contributed by atoms with Crippen LogP contribution in [0.5, 0.6) is 0 Å². The Morgan fingerprint density at radius 1 is 1.00 bits per heavy atom. The van der Waals surface area contributed by atoms with E-state index in [2.05, 4.69) is 15.9 Å². The van der Waals surface area contributed by atoms with Crippen LogP contribution in [0, 0.1) is 0 Å². The summed E-state index contributed by atoms with van der Waals surface area (Å²) in [5.41, 5.74) is 0.820. The van der Waals surface area contributed by atoms with Crippen LogP contribution in [-0.2, 0) is 11.2 Å². The molecule has 1 rings (SSSR count). The van der Waals surface area contributed by atoms with Crippen LogP contribution in [0.3, 0.4) is 0 Å². The van der Waals surface area contributed by atoms with Crippen LogP contribution in [0.25, 0.3) is 0 Å². The maximum absolute atomic E-state index is 10.2. The van der Waals surface area contributed by atoms with E-state index < -0.39 is 5.97 Å². The van der Waals surface area contributed by atoms with Gasteiger partial charge in [0.05, 0.1) is 6.42 Å². The van der Waals surface area contributed by atoms with E-state index >= 15 is 0 Å². The fraction of sp³-hybridized carbons (Fsp3) is 0.500. The lowest BCUT2D eigenvalue weighted by Gasteiger charge is -1.95. The van der Waals surface area contributed by atoms with Crippen LogP contribution >= 0.6 is 15.9 Å². The van der Waals surface area contributed by atoms with Crippen LogP contribution in [0.15, 0.2) is 28.7 Å². The van der Waals surface area contributed by atoms with Crippen molar-refractivity contribution in [3.63, 3.8) is 0 Å². The molecule has 0 unspecified atom stereocenters. The molecular weight excluding hydrogens is 280 g/mol. The lowest BCUT2D eigenvalue weighted by atomic mass is 10.2. The maximum Gasteiger partial charge on any atom is 0.307 e. The average Bonchev–Trinajstić information content (AvgIpc) is 2.39. The first kappa shape index (κ1) is 21.5. The van der Waals surface area contributed by atoms with Gasteiger partial charge in [0.15, 0.2) is 0 Å². The zero-order chi connectivity index (χ0) is 14.3. The van der Waals surface area contributed by atoms with Crippen LogP contribution in [0.1, 0.15) is 47.1 Å². The molecule has 2 nitrogen and oxygen atoms in total. The van der Waals surface area contributed by atoms with Crippen molar-refractivity contribution in [2.75, 3.05) is 0 Å². The number of hydrogen-bond acceptors (Lipinski definition) is 1. The van der Waals surface area contributed by atoms with Crippen LogP contribution < -0.4 is 0 Å². The minimum atomic E-state index is -0.799. The first-order chi connectivity index (χ1) is 8.18. The van der Waals surface area contributed by atoms with Gasteiger partial charge in [0, 0.05) is 4.47 Å². The molecule has 0 aliphatic heterocycles. The van der Waals surface area contributed by atoms with Gasteiger partial charge in [0.2, 0.25) is 0 Å². The standard InChI is InChI=1S/C8H7BrO2.3C2H6/c9-7-3-1-6(2-4-7)5-8(10)11;3*1-2/h1-4H,5H2,(H,10,11);3*1-2H3. The molecule has 1 aromatic rings. The lowest BCUT2D eigenvalue weighted by Crippen LogP contribution is -1.99. The highest BCUT2D eigenvalue weighted by Gasteiger charge is 1.98. The number of hydrogen-bond donors (Lipinski definition) is 1. The number of carboxylic acids is 1. The summed E-state index contributed by atoms with van der Waals surface area (Å²) in [6.45, 7) is 12.0. The first-order valence-corrected chi connectivity index (χ1v) is 6.94. The predicted molar refractivity (Wildman–Crippen MR) is 79.5 cm³/mol. The van der Waals surface area contributed by atoms with Gasteiger partial charge in [-0.25, -0.2) is 0 Å². The van der Waals surface area contributed by atoms with Crippen molar-refractivity contribution < 1.29 is 9.90 Å². The van der Waals surface area contributed by atoms with Crippen LogP contribution in [0.4, 0.5) is 0 Å². The molecule has 0 radical (unpaired) electrons. The van der Waals surface area contributed by atoms with Gasteiger partial charge >= 0.3 is 5.97 Å². The Labute approximate surface area is 114 Å². The molecule has 0 saturated heterocycles. The predicted octanol–water partition coefficient (Wildman–Crippen LogP) is 5.15. The van der Waals surface area contributed by atoms with Gasteiger partial charge in [-0.05, 0) is 17.7 Å². The highest BCUT2D eigenvalue weighted by molar-refractivity contribution is 9.10. The average molecular weight is 305 g/mol. The Hall–Kier alpha value is -0.830. The van der Waals surface area contributed by atoms with Crippen molar-refractivity contribution in [1.82, 2.24) is 0 Å². The van der Waals surface area contributed by atoms with Gasteiger partial charge in [-0.15, -0.1) is 0 Å². The molecule has 0 aromatic heterocycles. The summed E-state index contributed by atoms with van der Waals surface area (Å²) in [6, 6.07) is 7.24. The molecule has 0 fully saturated rings. The Morgan fingerprint density at radius 2 is 1.35 bits per heavy atom. The molecule has 17 heavy (non-hydrogen) atoms. The molecule has 0 atom stereocenters. The summed E-state index contributed by atoms with van der Waals surface area (Å²) in [7, 11) is 0. The molecule has 0 heterocycles. The molecule has 0 aliphatic rings. The second-order valence-corrected chi connectivity index (χ2v) is 3.11. The van der Waals surface area contributed by atoms with Gasteiger partial charge < -0.3 is 5.11 Å². The van der Waals surface area contributed by atoms with E-state index in [1.807, 2.05) is 53.7 Å². The minimum absolute atomic E-state index is 0.0906. The fourth-order valence-electron chi connectivity index (χ4n) is 0.777. The highest BCUT2D eigenvalue weighted by atomic mass is 79.9. The van der Waals surface area contributed by atoms with Crippen LogP contribution in [0.2, 0.25) is 0 Å². The topological polar surface area (TPSA) is 37.3 Å². The number of carboxylic acid groups (broad SMARTS) is 1. The third kappa shape index (κ3) is 15.2. The zero-order valence-corrected chi connectivity index (χ0v) is 13.3. The third-order valence-electron chi connectivity index (χ3n) is 1.27. The monoisotopic (exact) mass is 304 g/mol. The van der Waals surface area contributed by atoms with Gasteiger partial charge in [-0.2, -0.15) is 0 Å². The van der Waals surface area contributed by atoms with Crippen molar-refractivity contribution in [2.24, 2.45) is 0 Å². The third-order valence-corrected chi connectivity index (χ3v) is 1.80. The smallest absolute Gasteiger partial charge is 0.307 e. The van der Waals surface area contributed by atoms with Gasteiger partial charge in [0.25, 0.3) is 0 Å². The van der Waals surface area contributed by atoms with E-state index in [0.29, 0.717) is 0 Å². The molecule has 1 N–H and O–H groups in total. The normalized spacial score (nSPS) is 7.24. The van der Waals surface area contributed by atoms with Crippen molar-refractivity contribution in [3.05, 3.63) is 34.3 Å². The molecule has 0 aliphatic carbocycles. The number of aliphatic carboxylic acids is 1. The van der Waals surface area contributed by atoms with Gasteiger partial charge in [-0.3, -0.25) is 4.79 Å². The fourth-order valence-corrected chi connectivity index (χ4v) is 1.04. The lowest BCUT2D eigenvalue weighted by molar-refractivity contribution is -0.136. The minimum Gasteiger partial charge on any atom is -0.481 e. The first-order valence-electron chi connectivity index (χ1n) is 6.15. The van der Waals surface area contributed by atoms with E-state index in [-0.39, 0.29) is 6.42 Å². The molecule has 0 amide bonds. The quantitative estimate of drug-likeness (QED) is 0.820. The SMILES string of the molecule is CC.CC.CC.O=C(O)Cc1ccc(Br)cc1. The molecule has 3 heteroatoms. The summed E-state index contributed by atoms with van der Waals surface area (Å²) in [5, 5.41) is 8.42. The van der Waals surface area contributed by atoms with Crippen molar-refractivity contribution in [3.8, 4) is 0 Å². The Morgan fingerprint density at radius 3 is 1.65 bits per heavy atom.